The van der Waals surface area contributed by atoms with Gasteiger partial charge in [0.1, 0.15) is 0 Å². The second-order valence-electron chi connectivity index (χ2n) is 2.80. The number of nitrogens with zero attached hydrogens (tertiary/aromatic N) is 3. The van der Waals surface area contributed by atoms with Crippen molar-refractivity contribution in [3.05, 3.63) is 24.3 Å². The largest absolute Gasteiger partial charge is 0.368 e. The predicted molar refractivity (Wildman–Crippen MR) is 49.1 cm³/mol. The zero-order valence-electron chi connectivity index (χ0n) is 7.07. The van der Waals surface area contributed by atoms with E-state index in [1.807, 2.05) is 12.1 Å². The molecular formula is C9H11N3. The highest BCUT2D eigenvalue weighted by Gasteiger charge is 2.16. The highest BCUT2D eigenvalue weighted by molar-refractivity contribution is 5.55. The molecule has 1 heterocycles. The third-order valence-corrected chi connectivity index (χ3v) is 1.88. The van der Waals surface area contributed by atoms with E-state index in [0.717, 1.165) is 5.69 Å². The van der Waals surface area contributed by atoms with Gasteiger partial charge in [0.25, 0.3) is 0 Å². The van der Waals surface area contributed by atoms with Gasteiger partial charge in [-0.1, -0.05) is 0 Å². The molecule has 1 saturated heterocycles. The fourth-order valence-corrected chi connectivity index (χ4v) is 1.15. The van der Waals surface area contributed by atoms with E-state index in [0.29, 0.717) is 0 Å². The Morgan fingerprint density at radius 3 is 2.33 bits per heavy atom. The SMILES string of the molecule is CN=Nc1ccc(N2CC2)cc1. The molecule has 62 valence electrons. The van der Waals surface area contributed by atoms with E-state index in [2.05, 4.69) is 27.3 Å². The molecule has 3 heteroatoms. The van der Waals surface area contributed by atoms with Crippen molar-refractivity contribution in [3.8, 4) is 0 Å². The van der Waals surface area contributed by atoms with Crippen molar-refractivity contribution in [3.63, 3.8) is 0 Å². The number of rotatable bonds is 2. The molecule has 1 aliphatic rings. The Hall–Kier alpha value is -1.38. The van der Waals surface area contributed by atoms with Gasteiger partial charge < -0.3 is 4.90 Å². The van der Waals surface area contributed by atoms with E-state index in [1.165, 1.54) is 18.8 Å². The van der Waals surface area contributed by atoms with Crippen LogP contribution in [0.1, 0.15) is 0 Å². The van der Waals surface area contributed by atoms with Crippen LogP contribution in [0.3, 0.4) is 0 Å². The van der Waals surface area contributed by atoms with Crippen LogP contribution in [0.15, 0.2) is 34.5 Å². The molecule has 0 bridgehead atoms. The van der Waals surface area contributed by atoms with Gasteiger partial charge in [0.05, 0.1) is 5.69 Å². The average molecular weight is 161 g/mol. The van der Waals surface area contributed by atoms with Crippen LogP contribution in [0, 0.1) is 0 Å². The summed E-state index contributed by atoms with van der Waals surface area (Å²) in [6, 6.07) is 8.13. The van der Waals surface area contributed by atoms with Crippen molar-refractivity contribution in [1.82, 2.24) is 0 Å². The van der Waals surface area contributed by atoms with Crippen molar-refractivity contribution < 1.29 is 0 Å². The highest BCUT2D eigenvalue weighted by Crippen LogP contribution is 2.23. The third kappa shape index (κ3) is 1.44. The Kier molecular flexibility index (Phi) is 1.78. The fourth-order valence-electron chi connectivity index (χ4n) is 1.15. The lowest BCUT2D eigenvalue weighted by Gasteiger charge is -2.00. The average Bonchev–Trinajstić information content (AvgIpc) is 2.89. The van der Waals surface area contributed by atoms with Crippen LogP contribution in [0.5, 0.6) is 0 Å². The molecule has 2 rings (SSSR count). The Morgan fingerprint density at radius 1 is 1.17 bits per heavy atom. The molecule has 0 aromatic heterocycles. The van der Waals surface area contributed by atoms with Gasteiger partial charge in [0.15, 0.2) is 0 Å². The van der Waals surface area contributed by atoms with Gasteiger partial charge in [-0.2, -0.15) is 10.2 Å². The second kappa shape index (κ2) is 2.93. The van der Waals surface area contributed by atoms with Gasteiger partial charge in [0.2, 0.25) is 0 Å². The summed E-state index contributed by atoms with van der Waals surface area (Å²) in [5, 5.41) is 7.64. The van der Waals surface area contributed by atoms with Crippen LogP contribution in [-0.4, -0.2) is 20.1 Å². The molecule has 0 saturated carbocycles. The standard InChI is InChI=1S/C9H11N3/c1-10-11-8-2-4-9(5-3-8)12-6-7-12/h2-5H,6-7H2,1H3. The number of azo groups is 1. The Balaban J connectivity index is 2.18. The summed E-state index contributed by atoms with van der Waals surface area (Å²) in [5.74, 6) is 0. The highest BCUT2D eigenvalue weighted by atomic mass is 15.3. The molecular weight excluding hydrogens is 150 g/mol. The first kappa shape index (κ1) is 7.28. The monoisotopic (exact) mass is 161 g/mol. The van der Waals surface area contributed by atoms with Crippen molar-refractivity contribution in [2.24, 2.45) is 10.2 Å². The van der Waals surface area contributed by atoms with Gasteiger partial charge in [-0.15, -0.1) is 0 Å². The van der Waals surface area contributed by atoms with Gasteiger partial charge in [-0.05, 0) is 24.3 Å². The lowest BCUT2D eigenvalue weighted by atomic mass is 10.3. The maximum Gasteiger partial charge on any atom is 0.0853 e. The van der Waals surface area contributed by atoms with E-state index in [1.54, 1.807) is 7.05 Å². The predicted octanol–water partition coefficient (Wildman–Crippen LogP) is 2.22. The Morgan fingerprint density at radius 2 is 1.83 bits per heavy atom. The molecule has 0 spiro atoms. The first-order valence-electron chi connectivity index (χ1n) is 4.05. The summed E-state index contributed by atoms with van der Waals surface area (Å²) in [7, 11) is 1.68. The van der Waals surface area contributed by atoms with E-state index in [-0.39, 0.29) is 0 Å². The van der Waals surface area contributed by atoms with Crippen molar-refractivity contribution in [2.75, 3.05) is 25.0 Å². The molecule has 0 unspecified atom stereocenters. The van der Waals surface area contributed by atoms with E-state index >= 15 is 0 Å². The molecule has 0 amide bonds. The van der Waals surface area contributed by atoms with Crippen molar-refractivity contribution in [1.29, 1.82) is 0 Å². The topological polar surface area (TPSA) is 27.7 Å². The fraction of sp³-hybridized carbons (Fsp3) is 0.333. The number of hydrogen-bond acceptors (Lipinski definition) is 3. The number of hydrogen-bond donors (Lipinski definition) is 0. The summed E-state index contributed by atoms with van der Waals surface area (Å²) in [6.07, 6.45) is 0. The lowest BCUT2D eigenvalue weighted by molar-refractivity contribution is 1.17. The Labute approximate surface area is 71.7 Å². The maximum absolute atomic E-state index is 3.93. The molecule has 1 fully saturated rings. The van der Waals surface area contributed by atoms with Gasteiger partial charge in [-0.25, -0.2) is 0 Å². The first-order chi connectivity index (χ1) is 5.90. The van der Waals surface area contributed by atoms with Gasteiger partial charge >= 0.3 is 0 Å². The van der Waals surface area contributed by atoms with E-state index in [4.69, 9.17) is 0 Å². The summed E-state index contributed by atoms with van der Waals surface area (Å²) in [4.78, 5) is 2.30. The molecule has 0 aliphatic carbocycles. The van der Waals surface area contributed by atoms with Crippen molar-refractivity contribution in [2.45, 2.75) is 0 Å². The summed E-state index contributed by atoms with van der Waals surface area (Å²) >= 11 is 0. The molecule has 0 N–H and O–H groups in total. The molecule has 3 nitrogen and oxygen atoms in total. The number of anilines is 1. The summed E-state index contributed by atoms with van der Waals surface area (Å²) in [5.41, 5.74) is 2.20. The zero-order valence-corrected chi connectivity index (χ0v) is 7.07. The van der Waals surface area contributed by atoms with Crippen LogP contribution in [0.4, 0.5) is 11.4 Å². The maximum atomic E-state index is 3.93. The molecule has 1 aromatic rings. The second-order valence-corrected chi connectivity index (χ2v) is 2.80. The Bertz CT molecular complexity index is 285. The van der Waals surface area contributed by atoms with Crippen molar-refractivity contribution >= 4 is 11.4 Å². The molecule has 1 aliphatic heterocycles. The van der Waals surface area contributed by atoms with Crippen LogP contribution in [0.25, 0.3) is 0 Å². The normalized spacial score (nSPS) is 15.6. The smallest absolute Gasteiger partial charge is 0.0853 e. The van der Waals surface area contributed by atoms with Gasteiger partial charge in [0, 0.05) is 25.8 Å². The van der Waals surface area contributed by atoms with Crippen LogP contribution >= 0.6 is 0 Å². The summed E-state index contributed by atoms with van der Waals surface area (Å²) in [6.45, 7) is 2.38. The quantitative estimate of drug-likeness (QED) is 0.482. The first-order valence-corrected chi connectivity index (χ1v) is 4.05. The number of benzene rings is 1. The molecule has 0 atom stereocenters. The molecule has 0 radical (unpaired) electrons. The van der Waals surface area contributed by atoms with Crippen LogP contribution in [0.2, 0.25) is 0 Å². The lowest BCUT2D eigenvalue weighted by Crippen LogP contribution is -1.88. The third-order valence-electron chi connectivity index (χ3n) is 1.88. The molecule has 12 heavy (non-hydrogen) atoms. The van der Waals surface area contributed by atoms with Crippen LogP contribution in [-0.2, 0) is 0 Å². The summed E-state index contributed by atoms with van der Waals surface area (Å²) < 4.78 is 0. The molecule has 1 aromatic carbocycles. The minimum absolute atomic E-state index is 0.920. The zero-order chi connectivity index (χ0) is 8.39. The van der Waals surface area contributed by atoms with Crippen LogP contribution < -0.4 is 4.90 Å². The van der Waals surface area contributed by atoms with Gasteiger partial charge in [-0.3, -0.25) is 0 Å². The minimum atomic E-state index is 0.920. The van der Waals surface area contributed by atoms with E-state index in [9.17, 15) is 0 Å². The van der Waals surface area contributed by atoms with E-state index < -0.39 is 0 Å². The minimum Gasteiger partial charge on any atom is -0.368 e.